The number of carbonyl (C=O) groups excluding carboxylic acids is 1. The normalized spacial score (nSPS) is 13.3. The maximum absolute atomic E-state index is 14.4. The summed E-state index contributed by atoms with van der Waals surface area (Å²) in [7, 11) is 1.40. The number of amides is 1. The fraction of sp³-hybridized carbons (Fsp3) is 0.316. The number of ether oxygens (including phenoxy) is 1. The number of benzene rings is 2. The van der Waals surface area contributed by atoms with Crippen molar-refractivity contribution >= 4 is 17.5 Å². The van der Waals surface area contributed by atoms with Crippen molar-refractivity contribution in [3.05, 3.63) is 69.7 Å². The summed E-state index contributed by atoms with van der Waals surface area (Å²) in [5.41, 5.74) is 3.59. The molecule has 0 saturated heterocycles. The molecule has 0 aliphatic carbocycles. The number of halogens is 3. The molecule has 0 fully saturated rings. The minimum Gasteiger partial charge on any atom is -0.380 e. The Balaban J connectivity index is 2.44. The van der Waals surface area contributed by atoms with Gasteiger partial charge in [-0.25, -0.2) is 14.3 Å². The number of nitrogens with one attached hydrogen (secondary N) is 1. The standard InChI is InChI=1S/C19H20ClF2NO3/c1-11-7-13(20)4-3-12(11)8-16(18(26-2)10-19(24)23-25)15-6-5-14(21)9-17(15)22/h3-7,9,16,18,25H,8,10H2,1-2H3,(H,23,24)/t16-,18-/m1/s1. The average molecular weight is 384 g/mol. The van der Waals surface area contributed by atoms with E-state index in [4.69, 9.17) is 21.5 Å². The molecule has 2 aromatic rings. The molecule has 4 nitrogen and oxygen atoms in total. The third kappa shape index (κ3) is 5.00. The van der Waals surface area contributed by atoms with Gasteiger partial charge in [0.15, 0.2) is 0 Å². The minimum atomic E-state index is -0.725. The second-order valence-electron chi connectivity index (χ2n) is 6.06. The van der Waals surface area contributed by atoms with Crippen LogP contribution in [0.15, 0.2) is 36.4 Å². The topological polar surface area (TPSA) is 58.6 Å². The zero-order chi connectivity index (χ0) is 19.3. The molecule has 2 rings (SSSR count). The van der Waals surface area contributed by atoms with E-state index in [1.807, 2.05) is 13.0 Å². The van der Waals surface area contributed by atoms with Gasteiger partial charge < -0.3 is 4.74 Å². The Kier molecular flexibility index (Phi) is 7.08. The molecule has 0 aromatic heterocycles. The van der Waals surface area contributed by atoms with Crippen molar-refractivity contribution < 1.29 is 23.5 Å². The molecule has 0 spiro atoms. The van der Waals surface area contributed by atoms with Crippen LogP contribution in [0.4, 0.5) is 8.78 Å². The van der Waals surface area contributed by atoms with Gasteiger partial charge in [0.2, 0.25) is 5.91 Å². The monoisotopic (exact) mass is 383 g/mol. The van der Waals surface area contributed by atoms with Gasteiger partial charge in [-0.05, 0) is 48.2 Å². The first-order valence-electron chi connectivity index (χ1n) is 8.01. The van der Waals surface area contributed by atoms with Gasteiger partial charge >= 0.3 is 0 Å². The van der Waals surface area contributed by atoms with E-state index in [1.54, 1.807) is 17.6 Å². The fourth-order valence-corrected chi connectivity index (χ4v) is 3.21. The van der Waals surface area contributed by atoms with Crippen LogP contribution in [0.3, 0.4) is 0 Å². The second-order valence-corrected chi connectivity index (χ2v) is 6.50. The van der Waals surface area contributed by atoms with E-state index in [0.29, 0.717) is 11.4 Å². The van der Waals surface area contributed by atoms with Gasteiger partial charge in [-0.1, -0.05) is 23.7 Å². The van der Waals surface area contributed by atoms with E-state index in [1.165, 1.54) is 19.2 Å². The number of hydroxylamine groups is 1. The first-order chi connectivity index (χ1) is 12.3. The molecule has 7 heteroatoms. The highest BCUT2D eigenvalue weighted by Gasteiger charge is 2.28. The summed E-state index contributed by atoms with van der Waals surface area (Å²) >= 11 is 5.98. The fourth-order valence-electron chi connectivity index (χ4n) is 2.99. The van der Waals surface area contributed by atoms with Gasteiger partial charge in [0.05, 0.1) is 12.5 Å². The smallest absolute Gasteiger partial charge is 0.245 e. The van der Waals surface area contributed by atoms with E-state index in [9.17, 15) is 13.6 Å². The Morgan fingerprint density at radius 3 is 2.58 bits per heavy atom. The molecule has 1 amide bonds. The molecular formula is C19H20ClF2NO3. The summed E-state index contributed by atoms with van der Waals surface area (Å²) in [5.74, 6) is -2.63. The minimum absolute atomic E-state index is 0.179. The highest BCUT2D eigenvalue weighted by Crippen LogP contribution is 2.32. The van der Waals surface area contributed by atoms with E-state index < -0.39 is 29.6 Å². The van der Waals surface area contributed by atoms with Crippen molar-refractivity contribution in [3.8, 4) is 0 Å². The maximum atomic E-state index is 14.4. The van der Waals surface area contributed by atoms with Crippen LogP contribution < -0.4 is 5.48 Å². The summed E-state index contributed by atoms with van der Waals surface area (Å²) in [6.45, 7) is 1.88. The summed E-state index contributed by atoms with van der Waals surface area (Å²) < 4.78 is 33.1. The Morgan fingerprint density at radius 1 is 1.27 bits per heavy atom. The molecule has 2 N–H and O–H groups in total. The first-order valence-corrected chi connectivity index (χ1v) is 8.39. The molecule has 2 atom stereocenters. The van der Waals surface area contributed by atoms with Crippen LogP contribution in [0.2, 0.25) is 5.02 Å². The van der Waals surface area contributed by atoms with E-state index in [2.05, 4.69) is 0 Å². The molecule has 0 saturated carbocycles. The van der Waals surface area contributed by atoms with Crippen molar-refractivity contribution in [1.82, 2.24) is 5.48 Å². The third-order valence-corrected chi connectivity index (χ3v) is 4.60. The van der Waals surface area contributed by atoms with Crippen molar-refractivity contribution in [2.24, 2.45) is 0 Å². The van der Waals surface area contributed by atoms with Crippen LogP contribution in [0.5, 0.6) is 0 Å². The van der Waals surface area contributed by atoms with Crippen LogP contribution in [0.25, 0.3) is 0 Å². The highest BCUT2D eigenvalue weighted by molar-refractivity contribution is 6.30. The molecule has 2 aromatic carbocycles. The van der Waals surface area contributed by atoms with Gasteiger partial charge in [0.25, 0.3) is 0 Å². The summed E-state index contributed by atoms with van der Waals surface area (Å²) in [5, 5.41) is 9.38. The summed E-state index contributed by atoms with van der Waals surface area (Å²) in [4.78, 5) is 11.6. The van der Waals surface area contributed by atoms with Crippen molar-refractivity contribution in [3.63, 3.8) is 0 Å². The van der Waals surface area contributed by atoms with Gasteiger partial charge in [-0.15, -0.1) is 0 Å². The number of methoxy groups -OCH3 is 1. The second kappa shape index (κ2) is 9.07. The van der Waals surface area contributed by atoms with Crippen LogP contribution in [-0.4, -0.2) is 24.3 Å². The molecule has 0 aliphatic heterocycles. The lowest BCUT2D eigenvalue weighted by atomic mass is 9.84. The van der Waals surface area contributed by atoms with Crippen LogP contribution in [-0.2, 0) is 16.0 Å². The molecule has 0 aliphatic rings. The van der Waals surface area contributed by atoms with E-state index in [-0.39, 0.29) is 12.0 Å². The number of hydrogen-bond acceptors (Lipinski definition) is 3. The van der Waals surface area contributed by atoms with Crippen LogP contribution in [0, 0.1) is 18.6 Å². The third-order valence-electron chi connectivity index (χ3n) is 4.37. The van der Waals surface area contributed by atoms with Crippen LogP contribution in [0.1, 0.15) is 29.0 Å². The van der Waals surface area contributed by atoms with Gasteiger partial charge in [0.1, 0.15) is 11.6 Å². The van der Waals surface area contributed by atoms with Gasteiger partial charge in [-0.2, -0.15) is 0 Å². The number of hydrogen-bond donors (Lipinski definition) is 2. The predicted molar refractivity (Wildman–Crippen MR) is 94.3 cm³/mol. The maximum Gasteiger partial charge on any atom is 0.245 e. The number of rotatable bonds is 7. The SMILES string of the molecule is CO[C@H](CC(=O)NO)[C@H](Cc1ccc(Cl)cc1C)c1ccc(F)cc1F. The van der Waals surface area contributed by atoms with Crippen molar-refractivity contribution in [1.29, 1.82) is 0 Å². The quantitative estimate of drug-likeness (QED) is 0.557. The molecule has 140 valence electrons. The highest BCUT2D eigenvalue weighted by atomic mass is 35.5. The van der Waals surface area contributed by atoms with Gasteiger partial charge in [0, 0.05) is 24.1 Å². The molecule has 26 heavy (non-hydrogen) atoms. The predicted octanol–water partition coefficient (Wildman–Crippen LogP) is 4.16. The average Bonchev–Trinajstić information content (AvgIpc) is 2.60. The van der Waals surface area contributed by atoms with Crippen molar-refractivity contribution in [2.75, 3.05) is 7.11 Å². The lowest BCUT2D eigenvalue weighted by Gasteiger charge is -2.27. The number of carbonyl (C=O) groups is 1. The molecule has 0 heterocycles. The molecule has 0 radical (unpaired) electrons. The largest absolute Gasteiger partial charge is 0.380 e. The van der Waals surface area contributed by atoms with Crippen molar-refractivity contribution in [2.45, 2.75) is 31.8 Å². The summed E-state index contributed by atoms with van der Waals surface area (Å²) in [6, 6.07) is 8.66. The van der Waals surface area contributed by atoms with Crippen LogP contribution >= 0.6 is 11.6 Å². The molecule has 0 unspecified atom stereocenters. The zero-order valence-corrected chi connectivity index (χ0v) is 15.2. The number of aryl methyl sites for hydroxylation is 1. The first kappa shape index (κ1) is 20.3. The lowest BCUT2D eigenvalue weighted by molar-refractivity contribution is -0.132. The Hall–Kier alpha value is -2.02. The zero-order valence-electron chi connectivity index (χ0n) is 14.4. The van der Waals surface area contributed by atoms with Gasteiger partial charge in [-0.3, -0.25) is 10.0 Å². The molecule has 0 bridgehead atoms. The van der Waals surface area contributed by atoms with E-state index in [0.717, 1.165) is 17.2 Å². The lowest BCUT2D eigenvalue weighted by Crippen LogP contribution is -2.31. The molecular weight excluding hydrogens is 364 g/mol. The Bertz CT molecular complexity index is 785. The summed E-state index contributed by atoms with van der Waals surface area (Å²) in [6.07, 6.45) is -0.554. The Labute approximate surface area is 155 Å². The van der Waals surface area contributed by atoms with E-state index >= 15 is 0 Å². The Morgan fingerprint density at radius 2 is 2.00 bits per heavy atom.